The Morgan fingerprint density at radius 1 is 1.24 bits per heavy atom. The molecule has 0 unspecified atom stereocenters. The number of benzene rings is 1. The Balaban J connectivity index is 1.85. The van der Waals surface area contributed by atoms with Crippen molar-refractivity contribution >= 4 is 15.9 Å². The lowest BCUT2D eigenvalue weighted by Gasteiger charge is -2.24. The lowest BCUT2D eigenvalue weighted by molar-refractivity contribution is 0.0929. The first-order valence-corrected chi connectivity index (χ1v) is 10.2. The molecule has 2 aliphatic rings. The van der Waals surface area contributed by atoms with Crippen molar-refractivity contribution in [2.75, 3.05) is 33.3 Å². The molecular formula is C17H25N3O4S. The molecule has 2 heterocycles. The van der Waals surface area contributed by atoms with Crippen LogP contribution in [-0.4, -0.2) is 58.0 Å². The van der Waals surface area contributed by atoms with Gasteiger partial charge in [0.1, 0.15) is 10.6 Å². The zero-order chi connectivity index (χ0) is 17.9. The normalized spacial score (nSPS) is 19.7. The first-order chi connectivity index (χ1) is 12.0. The fourth-order valence-electron chi connectivity index (χ4n) is 3.32. The van der Waals surface area contributed by atoms with Gasteiger partial charge in [-0.15, -0.1) is 0 Å². The number of ether oxygens (including phenoxy) is 1. The van der Waals surface area contributed by atoms with E-state index in [0.717, 1.165) is 38.8 Å². The lowest BCUT2D eigenvalue weighted by Crippen LogP contribution is -2.42. The number of nitrogens with zero attached hydrogens (tertiary/aromatic N) is 1. The molecule has 0 saturated carbocycles. The van der Waals surface area contributed by atoms with Gasteiger partial charge in [0.25, 0.3) is 5.91 Å². The lowest BCUT2D eigenvalue weighted by atomic mass is 10.1. The van der Waals surface area contributed by atoms with Crippen molar-refractivity contribution in [2.24, 2.45) is 0 Å². The van der Waals surface area contributed by atoms with E-state index in [1.54, 1.807) is 12.1 Å². The van der Waals surface area contributed by atoms with Gasteiger partial charge in [0, 0.05) is 24.7 Å². The molecule has 1 amide bonds. The van der Waals surface area contributed by atoms with Crippen LogP contribution in [0.3, 0.4) is 0 Å². The first kappa shape index (κ1) is 18.2. The molecule has 25 heavy (non-hydrogen) atoms. The summed E-state index contributed by atoms with van der Waals surface area (Å²) in [5.74, 6) is 0.0257. The Kier molecular flexibility index (Phi) is 5.61. The Morgan fingerprint density at radius 2 is 1.92 bits per heavy atom. The second-order valence-electron chi connectivity index (χ2n) is 6.47. The number of hydrogen-bond acceptors (Lipinski definition) is 5. The maximum Gasteiger partial charge on any atom is 0.251 e. The summed E-state index contributed by atoms with van der Waals surface area (Å²) < 4.78 is 32.5. The molecular weight excluding hydrogens is 342 g/mol. The maximum atomic E-state index is 12.9. The van der Waals surface area contributed by atoms with Gasteiger partial charge in [0.05, 0.1) is 7.11 Å². The quantitative estimate of drug-likeness (QED) is 0.809. The molecule has 8 heteroatoms. The predicted octanol–water partition coefficient (Wildman–Crippen LogP) is 0.961. The van der Waals surface area contributed by atoms with Gasteiger partial charge in [0.2, 0.25) is 10.0 Å². The maximum absolute atomic E-state index is 12.9. The van der Waals surface area contributed by atoms with Crippen LogP contribution in [0.2, 0.25) is 0 Å². The summed E-state index contributed by atoms with van der Waals surface area (Å²) in [4.78, 5) is 12.6. The summed E-state index contributed by atoms with van der Waals surface area (Å²) in [5.41, 5.74) is 0.345. The average molecular weight is 367 g/mol. The molecule has 1 aromatic carbocycles. The van der Waals surface area contributed by atoms with Crippen LogP contribution in [0.1, 0.15) is 36.0 Å². The fourth-order valence-corrected chi connectivity index (χ4v) is 5.02. The molecule has 0 atom stereocenters. The van der Waals surface area contributed by atoms with E-state index < -0.39 is 10.0 Å². The highest BCUT2D eigenvalue weighted by Gasteiger charge is 2.31. The Morgan fingerprint density at radius 3 is 2.56 bits per heavy atom. The van der Waals surface area contributed by atoms with Crippen molar-refractivity contribution in [1.29, 1.82) is 0 Å². The number of methoxy groups -OCH3 is 1. The number of rotatable bonds is 5. The number of nitrogens with one attached hydrogen (secondary N) is 2. The van der Waals surface area contributed by atoms with Crippen molar-refractivity contribution in [1.82, 2.24) is 14.9 Å². The van der Waals surface area contributed by atoms with Gasteiger partial charge in [-0.05, 0) is 57.0 Å². The van der Waals surface area contributed by atoms with Crippen LogP contribution in [0, 0.1) is 0 Å². The third-order valence-electron chi connectivity index (χ3n) is 4.78. The molecule has 0 radical (unpaired) electrons. The van der Waals surface area contributed by atoms with Gasteiger partial charge in [0.15, 0.2) is 0 Å². The summed E-state index contributed by atoms with van der Waals surface area (Å²) in [5, 5.41) is 6.24. The van der Waals surface area contributed by atoms with Crippen molar-refractivity contribution in [2.45, 2.75) is 36.6 Å². The smallest absolute Gasteiger partial charge is 0.251 e. The first-order valence-electron chi connectivity index (χ1n) is 8.72. The zero-order valence-corrected chi connectivity index (χ0v) is 15.3. The Labute approximate surface area is 148 Å². The van der Waals surface area contributed by atoms with E-state index in [9.17, 15) is 13.2 Å². The van der Waals surface area contributed by atoms with Crippen LogP contribution in [0.25, 0.3) is 0 Å². The molecule has 2 fully saturated rings. The number of hydrogen-bond donors (Lipinski definition) is 2. The molecule has 0 bridgehead atoms. The van der Waals surface area contributed by atoms with Gasteiger partial charge in [-0.2, -0.15) is 4.31 Å². The summed E-state index contributed by atoms with van der Waals surface area (Å²) >= 11 is 0. The van der Waals surface area contributed by atoms with E-state index in [1.807, 2.05) is 0 Å². The SMILES string of the molecule is COc1ccc(C(=O)NC2CCNCC2)cc1S(=O)(=O)N1CCCC1. The van der Waals surface area contributed by atoms with E-state index in [4.69, 9.17) is 4.74 Å². The second-order valence-corrected chi connectivity index (χ2v) is 8.38. The molecule has 0 aromatic heterocycles. The summed E-state index contributed by atoms with van der Waals surface area (Å²) in [6, 6.07) is 4.72. The molecule has 0 aliphatic carbocycles. The molecule has 2 N–H and O–H groups in total. The number of carbonyl (C=O) groups is 1. The van der Waals surface area contributed by atoms with Crippen molar-refractivity contribution in [3.05, 3.63) is 23.8 Å². The van der Waals surface area contributed by atoms with Crippen LogP contribution < -0.4 is 15.4 Å². The van der Waals surface area contributed by atoms with Crippen LogP contribution in [0.5, 0.6) is 5.75 Å². The molecule has 0 spiro atoms. The molecule has 2 aliphatic heterocycles. The molecule has 2 saturated heterocycles. The summed E-state index contributed by atoms with van der Waals surface area (Å²) in [6.07, 6.45) is 3.47. The van der Waals surface area contributed by atoms with Gasteiger partial charge in [-0.3, -0.25) is 4.79 Å². The standard InChI is InChI=1S/C17H25N3O4S/c1-24-15-5-4-13(17(21)19-14-6-8-18-9-7-14)12-16(15)25(22,23)20-10-2-3-11-20/h4-5,12,14,18H,2-3,6-11H2,1H3,(H,19,21). The zero-order valence-electron chi connectivity index (χ0n) is 14.5. The van der Waals surface area contributed by atoms with Crippen LogP contribution >= 0.6 is 0 Å². The molecule has 138 valence electrons. The van der Waals surface area contributed by atoms with Crippen LogP contribution in [-0.2, 0) is 10.0 Å². The van der Waals surface area contributed by atoms with Gasteiger partial charge >= 0.3 is 0 Å². The summed E-state index contributed by atoms with van der Waals surface area (Å²) in [7, 11) is -2.21. The Hall–Kier alpha value is -1.64. The number of amides is 1. The highest BCUT2D eigenvalue weighted by Crippen LogP contribution is 2.29. The predicted molar refractivity (Wildman–Crippen MR) is 94.3 cm³/mol. The topological polar surface area (TPSA) is 87.7 Å². The van der Waals surface area contributed by atoms with Crippen LogP contribution in [0.15, 0.2) is 23.1 Å². The highest BCUT2D eigenvalue weighted by molar-refractivity contribution is 7.89. The van der Waals surface area contributed by atoms with Crippen molar-refractivity contribution in [3.63, 3.8) is 0 Å². The minimum Gasteiger partial charge on any atom is -0.495 e. The Bertz CT molecular complexity index is 723. The van der Waals surface area contributed by atoms with Gasteiger partial charge in [-0.25, -0.2) is 8.42 Å². The number of piperidine rings is 1. The minimum absolute atomic E-state index is 0.0647. The van der Waals surface area contributed by atoms with E-state index in [1.165, 1.54) is 17.5 Å². The number of carbonyl (C=O) groups excluding carboxylic acids is 1. The van der Waals surface area contributed by atoms with E-state index >= 15 is 0 Å². The molecule has 7 nitrogen and oxygen atoms in total. The van der Waals surface area contributed by atoms with Gasteiger partial charge < -0.3 is 15.4 Å². The van der Waals surface area contributed by atoms with E-state index in [0.29, 0.717) is 18.7 Å². The van der Waals surface area contributed by atoms with Crippen molar-refractivity contribution < 1.29 is 17.9 Å². The van der Waals surface area contributed by atoms with Crippen LogP contribution in [0.4, 0.5) is 0 Å². The number of sulfonamides is 1. The molecule has 3 rings (SSSR count). The third-order valence-corrected chi connectivity index (χ3v) is 6.70. The monoisotopic (exact) mass is 367 g/mol. The minimum atomic E-state index is -3.65. The van der Waals surface area contributed by atoms with E-state index in [-0.39, 0.29) is 22.6 Å². The summed E-state index contributed by atoms with van der Waals surface area (Å²) in [6.45, 7) is 2.78. The largest absolute Gasteiger partial charge is 0.495 e. The van der Waals surface area contributed by atoms with Crippen molar-refractivity contribution in [3.8, 4) is 5.75 Å². The highest BCUT2D eigenvalue weighted by atomic mass is 32.2. The van der Waals surface area contributed by atoms with Gasteiger partial charge in [-0.1, -0.05) is 0 Å². The second kappa shape index (κ2) is 7.72. The molecule has 1 aromatic rings. The van der Waals surface area contributed by atoms with E-state index in [2.05, 4.69) is 10.6 Å². The average Bonchev–Trinajstić information content (AvgIpc) is 3.17. The third kappa shape index (κ3) is 3.96. The fraction of sp³-hybridized carbons (Fsp3) is 0.588.